The number of alkyl halides is 1. The van der Waals surface area contributed by atoms with Crippen molar-refractivity contribution in [2.45, 2.75) is 32.6 Å². The Bertz CT molecular complexity index is 442. The highest BCUT2D eigenvalue weighted by atomic mass is 35.5. The summed E-state index contributed by atoms with van der Waals surface area (Å²) in [5, 5.41) is 6.71. The van der Waals surface area contributed by atoms with Gasteiger partial charge in [0.05, 0.1) is 5.75 Å². The van der Waals surface area contributed by atoms with Gasteiger partial charge in [-0.1, -0.05) is 13.8 Å². The highest BCUT2D eigenvalue weighted by Crippen LogP contribution is 2.15. The Morgan fingerprint density at radius 3 is 2.71 bits per heavy atom. The molecule has 1 heterocycles. The minimum Gasteiger partial charge on any atom is -0.280 e. The van der Waals surface area contributed by atoms with Gasteiger partial charge < -0.3 is 0 Å². The molecule has 0 fully saturated rings. The average molecular weight is 280 g/mol. The van der Waals surface area contributed by atoms with Crippen molar-refractivity contribution in [2.24, 2.45) is 0 Å². The van der Waals surface area contributed by atoms with E-state index in [0.717, 1.165) is 5.69 Å². The van der Waals surface area contributed by atoms with Crippen molar-refractivity contribution in [1.29, 1.82) is 0 Å². The summed E-state index contributed by atoms with van der Waals surface area (Å²) in [4.78, 5) is 0. The molecule has 0 amide bonds. The molecule has 5 nitrogen and oxygen atoms in total. The third-order valence-electron chi connectivity index (χ3n) is 2.28. The Morgan fingerprint density at radius 1 is 1.47 bits per heavy atom. The number of rotatable bonds is 7. The number of anilines is 1. The van der Waals surface area contributed by atoms with Crippen molar-refractivity contribution < 1.29 is 8.42 Å². The minimum absolute atomic E-state index is 0.0730. The number of nitrogens with zero attached hydrogens (tertiary/aromatic N) is 1. The highest BCUT2D eigenvalue weighted by molar-refractivity contribution is 7.92. The van der Waals surface area contributed by atoms with Crippen LogP contribution in [0.4, 0.5) is 5.82 Å². The summed E-state index contributed by atoms with van der Waals surface area (Å²) >= 11 is 5.50. The van der Waals surface area contributed by atoms with E-state index in [1.54, 1.807) is 6.07 Å². The fourth-order valence-corrected chi connectivity index (χ4v) is 2.58. The van der Waals surface area contributed by atoms with Crippen LogP contribution in [0.3, 0.4) is 0 Å². The van der Waals surface area contributed by atoms with Gasteiger partial charge in [-0.3, -0.25) is 9.82 Å². The topological polar surface area (TPSA) is 74.8 Å². The molecule has 98 valence electrons. The lowest BCUT2D eigenvalue weighted by Gasteiger charge is -2.03. The monoisotopic (exact) mass is 279 g/mol. The number of H-pyrrole nitrogens is 1. The van der Waals surface area contributed by atoms with E-state index < -0.39 is 10.0 Å². The van der Waals surface area contributed by atoms with Gasteiger partial charge >= 0.3 is 0 Å². The number of sulfonamides is 1. The lowest BCUT2D eigenvalue weighted by Crippen LogP contribution is -2.17. The predicted octanol–water partition coefficient (Wildman–Crippen LogP) is 2.29. The van der Waals surface area contributed by atoms with Gasteiger partial charge in [-0.05, 0) is 18.8 Å². The van der Waals surface area contributed by atoms with Crippen LogP contribution in [-0.2, 0) is 10.0 Å². The Kier molecular flexibility index (Phi) is 5.27. The van der Waals surface area contributed by atoms with Crippen LogP contribution in [0.1, 0.15) is 38.3 Å². The van der Waals surface area contributed by atoms with Gasteiger partial charge in [-0.15, -0.1) is 11.6 Å². The van der Waals surface area contributed by atoms with E-state index >= 15 is 0 Å². The second-order valence-electron chi connectivity index (χ2n) is 4.18. The van der Waals surface area contributed by atoms with Crippen LogP contribution in [-0.4, -0.2) is 30.2 Å². The van der Waals surface area contributed by atoms with E-state index in [-0.39, 0.29) is 11.7 Å². The van der Waals surface area contributed by atoms with Crippen LogP contribution in [0.5, 0.6) is 0 Å². The van der Waals surface area contributed by atoms with Crippen LogP contribution < -0.4 is 4.72 Å². The molecule has 0 aliphatic carbocycles. The number of unbranched alkanes of at least 4 members (excludes halogenated alkanes) is 1. The molecule has 0 unspecified atom stereocenters. The molecule has 0 atom stereocenters. The van der Waals surface area contributed by atoms with Crippen molar-refractivity contribution in [3.05, 3.63) is 11.8 Å². The lowest BCUT2D eigenvalue weighted by molar-refractivity contribution is 0.598. The van der Waals surface area contributed by atoms with E-state index in [0.29, 0.717) is 24.5 Å². The fourth-order valence-electron chi connectivity index (χ4n) is 1.28. The molecule has 0 aliphatic heterocycles. The maximum Gasteiger partial charge on any atom is 0.233 e. The Balaban J connectivity index is 2.57. The summed E-state index contributed by atoms with van der Waals surface area (Å²) < 4.78 is 25.7. The standard InChI is InChI=1S/C10H18ClN3O2S/c1-8(2)9-7-10(13-12-9)14-17(15,16)6-4-3-5-11/h7-8H,3-6H2,1-2H3,(H2,12,13,14). The van der Waals surface area contributed by atoms with E-state index in [9.17, 15) is 8.42 Å². The number of aromatic amines is 1. The van der Waals surface area contributed by atoms with Gasteiger partial charge in [0.15, 0.2) is 5.82 Å². The molecule has 1 aromatic rings. The summed E-state index contributed by atoms with van der Waals surface area (Å²) in [5.74, 6) is 1.19. The molecule has 0 saturated carbocycles. The quantitative estimate of drug-likeness (QED) is 0.594. The number of hydrogen-bond donors (Lipinski definition) is 2. The van der Waals surface area contributed by atoms with E-state index in [1.165, 1.54) is 0 Å². The first-order chi connectivity index (χ1) is 7.94. The van der Waals surface area contributed by atoms with Gasteiger partial charge in [-0.2, -0.15) is 5.10 Å². The van der Waals surface area contributed by atoms with Gasteiger partial charge in [0, 0.05) is 17.6 Å². The second-order valence-corrected chi connectivity index (χ2v) is 6.40. The molecule has 0 aliphatic rings. The molecule has 2 N–H and O–H groups in total. The molecule has 0 spiro atoms. The lowest BCUT2D eigenvalue weighted by atomic mass is 10.1. The van der Waals surface area contributed by atoms with Crippen LogP contribution in [0.15, 0.2) is 6.07 Å². The highest BCUT2D eigenvalue weighted by Gasteiger charge is 2.12. The molecule has 1 aromatic heterocycles. The molecule has 0 radical (unpaired) electrons. The summed E-state index contributed by atoms with van der Waals surface area (Å²) in [5.41, 5.74) is 0.906. The maximum atomic E-state index is 11.6. The van der Waals surface area contributed by atoms with Crippen molar-refractivity contribution in [2.75, 3.05) is 16.4 Å². The number of aromatic nitrogens is 2. The molecular formula is C10H18ClN3O2S. The Hall–Kier alpha value is -0.750. The second kappa shape index (κ2) is 6.26. The third kappa shape index (κ3) is 4.95. The zero-order valence-electron chi connectivity index (χ0n) is 10.0. The average Bonchev–Trinajstić information content (AvgIpc) is 2.65. The first-order valence-electron chi connectivity index (χ1n) is 5.56. The molecule has 1 rings (SSSR count). The summed E-state index contributed by atoms with van der Waals surface area (Å²) in [7, 11) is -3.31. The summed E-state index contributed by atoms with van der Waals surface area (Å²) in [6, 6.07) is 1.71. The normalized spacial score (nSPS) is 12.0. The van der Waals surface area contributed by atoms with Gasteiger partial charge in [0.2, 0.25) is 10.0 Å². The molecular weight excluding hydrogens is 262 g/mol. The van der Waals surface area contributed by atoms with Gasteiger partial charge in [0.25, 0.3) is 0 Å². The van der Waals surface area contributed by atoms with Crippen LogP contribution in [0.25, 0.3) is 0 Å². The number of halogens is 1. The Labute approximate surface area is 107 Å². The fraction of sp³-hybridized carbons (Fsp3) is 0.700. The van der Waals surface area contributed by atoms with Gasteiger partial charge in [-0.25, -0.2) is 8.42 Å². The third-order valence-corrected chi connectivity index (χ3v) is 3.89. The van der Waals surface area contributed by atoms with Crippen molar-refractivity contribution >= 4 is 27.4 Å². The first kappa shape index (κ1) is 14.3. The maximum absolute atomic E-state index is 11.6. The molecule has 0 bridgehead atoms. The summed E-state index contributed by atoms with van der Waals surface area (Å²) in [6.45, 7) is 4.01. The smallest absolute Gasteiger partial charge is 0.233 e. The number of nitrogens with one attached hydrogen (secondary N) is 2. The largest absolute Gasteiger partial charge is 0.280 e. The molecule has 0 saturated heterocycles. The molecule has 17 heavy (non-hydrogen) atoms. The van der Waals surface area contributed by atoms with Crippen LogP contribution in [0.2, 0.25) is 0 Å². The van der Waals surface area contributed by atoms with E-state index in [4.69, 9.17) is 11.6 Å². The zero-order valence-corrected chi connectivity index (χ0v) is 11.6. The predicted molar refractivity (Wildman–Crippen MR) is 70.0 cm³/mol. The first-order valence-corrected chi connectivity index (χ1v) is 7.75. The zero-order chi connectivity index (χ0) is 12.9. The molecule has 7 heteroatoms. The minimum atomic E-state index is -3.31. The SMILES string of the molecule is CC(C)c1cc(NS(=O)(=O)CCCCCl)n[nH]1. The van der Waals surface area contributed by atoms with Crippen LogP contribution in [0, 0.1) is 0 Å². The van der Waals surface area contributed by atoms with Crippen molar-refractivity contribution in [3.63, 3.8) is 0 Å². The number of hydrogen-bond acceptors (Lipinski definition) is 3. The van der Waals surface area contributed by atoms with E-state index in [2.05, 4.69) is 14.9 Å². The summed E-state index contributed by atoms with van der Waals surface area (Å²) in [6.07, 6.45) is 1.25. The van der Waals surface area contributed by atoms with Crippen molar-refractivity contribution in [1.82, 2.24) is 10.2 Å². The van der Waals surface area contributed by atoms with Crippen molar-refractivity contribution in [3.8, 4) is 0 Å². The van der Waals surface area contributed by atoms with Crippen LogP contribution >= 0.6 is 11.6 Å². The Morgan fingerprint density at radius 2 is 2.18 bits per heavy atom. The van der Waals surface area contributed by atoms with Gasteiger partial charge in [0.1, 0.15) is 0 Å². The van der Waals surface area contributed by atoms with E-state index in [1.807, 2.05) is 13.8 Å². The molecule has 0 aromatic carbocycles.